The molecule has 11 heteroatoms. The van der Waals surface area contributed by atoms with E-state index in [9.17, 15) is 9.18 Å². The van der Waals surface area contributed by atoms with Gasteiger partial charge in [-0.1, -0.05) is 0 Å². The van der Waals surface area contributed by atoms with Crippen LogP contribution in [0.3, 0.4) is 0 Å². The van der Waals surface area contributed by atoms with E-state index < -0.39 is 11.7 Å². The molecule has 0 saturated heterocycles. The largest absolute Gasteiger partial charge is 0.443 e. The molecular formula is C25H23FN8O2. The van der Waals surface area contributed by atoms with Crippen LogP contribution in [-0.4, -0.2) is 53.3 Å². The first kappa shape index (κ1) is 23.1. The molecule has 0 bridgehead atoms. The lowest BCUT2D eigenvalue weighted by Crippen LogP contribution is -2.34. The standard InChI is InChI=1S/C25H23FN8O2/c1-25(2,3)36-24(35)32(4)22-13-17(11-12-27-22)19-14-33(21-10-9-20-29-28-15-34(20)30-21)31-23(19)16-5-7-18(26)8-6-16/h5-15H,1-4H3. The van der Waals surface area contributed by atoms with Crippen molar-refractivity contribution >= 4 is 17.6 Å². The van der Waals surface area contributed by atoms with E-state index in [1.54, 1.807) is 73.5 Å². The minimum Gasteiger partial charge on any atom is -0.443 e. The molecule has 5 aromatic rings. The molecule has 0 radical (unpaired) electrons. The number of amides is 1. The number of benzene rings is 1. The lowest BCUT2D eigenvalue weighted by atomic mass is 10.0. The molecule has 4 aromatic heterocycles. The number of pyridine rings is 1. The molecule has 0 aliphatic heterocycles. The summed E-state index contributed by atoms with van der Waals surface area (Å²) in [5.41, 5.74) is 2.79. The van der Waals surface area contributed by atoms with Gasteiger partial charge in [0.05, 0.1) is 0 Å². The molecule has 0 unspecified atom stereocenters. The van der Waals surface area contributed by atoms with Gasteiger partial charge < -0.3 is 4.74 Å². The second-order valence-corrected chi connectivity index (χ2v) is 9.11. The summed E-state index contributed by atoms with van der Waals surface area (Å²) in [5, 5.41) is 17.1. The van der Waals surface area contributed by atoms with Crippen molar-refractivity contribution in [2.75, 3.05) is 11.9 Å². The van der Waals surface area contributed by atoms with Gasteiger partial charge in [-0.05, 0) is 74.9 Å². The lowest BCUT2D eigenvalue weighted by molar-refractivity contribution is 0.0588. The zero-order valence-corrected chi connectivity index (χ0v) is 20.1. The molecule has 4 heterocycles. The Bertz CT molecular complexity index is 1550. The topological polar surface area (TPSA) is 103 Å². The third kappa shape index (κ3) is 4.63. The summed E-state index contributed by atoms with van der Waals surface area (Å²) >= 11 is 0. The zero-order chi connectivity index (χ0) is 25.4. The van der Waals surface area contributed by atoms with E-state index in [2.05, 4.69) is 20.3 Å². The van der Waals surface area contributed by atoms with Gasteiger partial charge in [-0.15, -0.1) is 15.3 Å². The molecule has 0 saturated carbocycles. The van der Waals surface area contributed by atoms with Crippen LogP contribution >= 0.6 is 0 Å². The van der Waals surface area contributed by atoms with Crippen LogP contribution < -0.4 is 4.90 Å². The number of anilines is 1. The SMILES string of the molecule is CN(C(=O)OC(C)(C)C)c1cc(-c2cn(-c3ccc4nncn4n3)nc2-c2ccc(F)cc2)ccn1. The summed E-state index contributed by atoms with van der Waals surface area (Å²) in [4.78, 5) is 18.3. The average molecular weight is 487 g/mol. The summed E-state index contributed by atoms with van der Waals surface area (Å²) < 4.78 is 22.3. The van der Waals surface area contributed by atoms with Crippen LogP contribution in [0.15, 0.2) is 67.3 Å². The van der Waals surface area contributed by atoms with Crippen molar-refractivity contribution < 1.29 is 13.9 Å². The highest BCUT2D eigenvalue weighted by Crippen LogP contribution is 2.33. The monoisotopic (exact) mass is 486 g/mol. The molecule has 0 fully saturated rings. The Morgan fingerprint density at radius 3 is 2.56 bits per heavy atom. The van der Waals surface area contributed by atoms with Crippen molar-refractivity contribution in [3.8, 4) is 28.2 Å². The third-order valence-electron chi connectivity index (χ3n) is 5.28. The molecule has 0 aliphatic rings. The summed E-state index contributed by atoms with van der Waals surface area (Å²) in [6.07, 6.45) is 4.42. The maximum atomic E-state index is 13.6. The molecule has 0 aliphatic carbocycles. The Morgan fingerprint density at radius 1 is 1.03 bits per heavy atom. The van der Waals surface area contributed by atoms with Crippen LogP contribution in [0.5, 0.6) is 0 Å². The van der Waals surface area contributed by atoms with Crippen molar-refractivity contribution in [1.29, 1.82) is 0 Å². The van der Waals surface area contributed by atoms with Gasteiger partial charge in [0.15, 0.2) is 11.5 Å². The summed E-state index contributed by atoms with van der Waals surface area (Å²) in [6.45, 7) is 5.41. The fourth-order valence-electron chi connectivity index (χ4n) is 3.56. The first-order chi connectivity index (χ1) is 17.2. The van der Waals surface area contributed by atoms with Crippen LogP contribution in [0, 0.1) is 5.82 Å². The van der Waals surface area contributed by atoms with Gasteiger partial charge in [0.2, 0.25) is 0 Å². The number of ether oxygens (including phenoxy) is 1. The fraction of sp³-hybridized carbons (Fsp3) is 0.200. The molecule has 1 amide bonds. The lowest BCUT2D eigenvalue weighted by Gasteiger charge is -2.24. The number of aromatic nitrogens is 7. The molecule has 0 N–H and O–H groups in total. The number of halogens is 1. The van der Waals surface area contributed by atoms with E-state index in [0.717, 1.165) is 16.7 Å². The van der Waals surface area contributed by atoms with Gasteiger partial charge in [0, 0.05) is 30.6 Å². The number of hydrogen-bond acceptors (Lipinski definition) is 7. The molecule has 5 rings (SSSR count). The van der Waals surface area contributed by atoms with Gasteiger partial charge in [-0.25, -0.2) is 18.9 Å². The molecule has 36 heavy (non-hydrogen) atoms. The Hall–Kier alpha value is -4.67. The smallest absolute Gasteiger partial charge is 0.415 e. The van der Waals surface area contributed by atoms with E-state index >= 15 is 0 Å². The van der Waals surface area contributed by atoms with Crippen LogP contribution in [0.25, 0.3) is 33.8 Å². The van der Waals surface area contributed by atoms with Crippen molar-refractivity contribution in [2.45, 2.75) is 26.4 Å². The van der Waals surface area contributed by atoms with Crippen LogP contribution in [0.4, 0.5) is 15.0 Å². The first-order valence-electron chi connectivity index (χ1n) is 11.1. The quantitative estimate of drug-likeness (QED) is 0.367. The molecule has 0 atom stereocenters. The number of carbonyl (C=O) groups excluding carboxylic acids is 1. The predicted molar refractivity (Wildman–Crippen MR) is 131 cm³/mol. The highest BCUT2D eigenvalue weighted by Gasteiger charge is 2.22. The molecular weight excluding hydrogens is 463 g/mol. The number of carbonyl (C=O) groups is 1. The van der Waals surface area contributed by atoms with Crippen LogP contribution in [-0.2, 0) is 4.74 Å². The van der Waals surface area contributed by atoms with E-state index in [0.29, 0.717) is 23.0 Å². The van der Waals surface area contributed by atoms with E-state index in [1.165, 1.54) is 23.4 Å². The third-order valence-corrected chi connectivity index (χ3v) is 5.28. The number of fused-ring (bicyclic) bond motifs is 1. The summed E-state index contributed by atoms with van der Waals surface area (Å²) in [7, 11) is 1.60. The van der Waals surface area contributed by atoms with Gasteiger partial charge in [-0.3, -0.25) is 4.90 Å². The van der Waals surface area contributed by atoms with Crippen molar-refractivity contribution in [1.82, 2.24) is 34.6 Å². The zero-order valence-electron chi connectivity index (χ0n) is 20.1. The van der Waals surface area contributed by atoms with Crippen LogP contribution in [0.2, 0.25) is 0 Å². The number of rotatable bonds is 4. The van der Waals surface area contributed by atoms with Gasteiger partial charge in [0.25, 0.3) is 0 Å². The van der Waals surface area contributed by atoms with Crippen molar-refractivity contribution in [3.05, 3.63) is 73.1 Å². The number of hydrogen-bond donors (Lipinski definition) is 0. The summed E-state index contributed by atoms with van der Waals surface area (Å²) in [6, 6.07) is 13.2. The second-order valence-electron chi connectivity index (χ2n) is 9.11. The predicted octanol–water partition coefficient (Wildman–Crippen LogP) is 4.55. The molecule has 10 nitrogen and oxygen atoms in total. The Kier molecular flexibility index (Phi) is 5.67. The minimum absolute atomic E-state index is 0.343. The minimum atomic E-state index is -0.640. The Labute approximate surface area is 206 Å². The van der Waals surface area contributed by atoms with Gasteiger partial charge in [-0.2, -0.15) is 9.61 Å². The fourth-order valence-corrected chi connectivity index (χ4v) is 3.56. The normalized spacial score (nSPS) is 11.6. The van der Waals surface area contributed by atoms with Gasteiger partial charge in [0.1, 0.15) is 29.3 Å². The second kappa shape index (κ2) is 8.84. The number of nitrogens with zero attached hydrogens (tertiary/aromatic N) is 8. The van der Waals surface area contributed by atoms with E-state index in [4.69, 9.17) is 9.84 Å². The Morgan fingerprint density at radius 2 is 1.81 bits per heavy atom. The maximum Gasteiger partial charge on any atom is 0.415 e. The van der Waals surface area contributed by atoms with E-state index in [1.807, 2.05) is 12.3 Å². The van der Waals surface area contributed by atoms with E-state index in [-0.39, 0.29) is 5.82 Å². The maximum absolute atomic E-state index is 13.6. The molecule has 1 aromatic carbocycles. The molecule has 0 spiro atoms. The summed E-state index contributed by atoms with van der Waals surface area (Å²) in [5.74, 6) is 0.602. The Balaban J connectivity index is 1.59. The highest BCUT2D eigenvalue weighted by atomic mass is 19.1. The van der Waals surface area contributed by atoms with Gasteiger partial charge >= 0.3 is 6.09 Å². The highest BCUT2D eigenvalue weighted by molar-refractivity contribution is 5.88. The van der Waals surface area contributed by atoms with Crippen molar-refractivity contribution in [2.24, 2.45) is 0 Å². The average Bonchev–Trinajstić information content (AvgIpc) is 3.50. The van der Waals surface area contributed by atoms with Crippen LogP contribution in [0.1, 0.15) is 20.8 Å². The molecule has 182 valence electrons. The first-order valence-corrected chi connectivity index (χ1v) is 11.1. The van der Waals surface area contributed by atoms with Crippen molar-refractivity contribution in [3.63, 3.8) is 0 Å².